The molecule has 0 radical (unpaired) electrons. The highest BCUT2D eigenvalue weighted by molar-refractivity contribution is 5.73. The van der Waals surface area contributed by atoms with Gasteiger partial charge in [0.15, 0.2) is 5.82 Å². The fourth-order valence-electron chi connectivity index (χ4n) is 1.58. The van der Waals surface area contributed by atoms with Crippen LogP contribution >= 0.6 is 0 Å². The van der Waals surface area contributed by atoms with Crippen LogP contribution in [0.3, 0.4) is 0 Å². The third-order valence-electron chi connectivity index (χ3n) is 2.78. The molecular formula is C13H21N3O3. The second-order valence-electron chi connectivity index (χ2n) is 4.34. The molecule has 0 fully saturated rings. The summed E-state index contributed by atoms with van der Waals surface area (Å²) >= 11 is 0. The van der Waals surface area contributed by atoms with Crippen LogP contribution in [0.15, 0.2) is 12.4 Å². The molecule has 0 saturated carbocycles. The van der Waals surface area contributed by atoms with Crippen LogP contribution in [-0.2, 0) is 4.79 Å². The van der Waals surface area contributed by atoms with E-state index in [0.717, 1.165) is 12.8 Å². The molecule has 1 rings (SSSR count). The van der Waals surface area contributed by atoms with E-state index >= 15 is 0 Å². The molecule has 1 atom stereocenters. The van der Waals surface area contributed by atoms with E-state index in [1.54, 1.807) is 11.1 Å². The lowest BCUT2D eigenvalue weighted by Crippen LogP contribution is -2.37. The molecule has 0 bridgehead atoms. The standard InChI is InChI=1S/C13H21N3O3/c1-4-6-19-12-8-14-7-11(15-12)16(9-13(17)18)10(3)5-2/h7-8,10H,4-6,9H2,1-3H3,(H,17,18). The number of nitrogens with zero attached hydrogens (tertiary/aromatic N) is 3. The van der Waals surface area contributed by atoms with Gasteiger partial charge in [-0.05, 0) is 19.8 Å². The first-order valence-electron chi connectivity index (χ1n) is 6.51. The molecule has 1 unspecified atom stereocenters. The maximum atomic E-state index is 10.9. The van der Waals surface area contributed by atoms with E-state index in [9.17, 15) is 4.79 Å². The minimum Gasteiger partial charge on any atom is -0.480 e. The van der Waals surface area contributed by atoms with Crippen molar-refractivity contribution in [2.24, 2.45) is 0 Å². The van der Waals surface area contributed by atoms with Gasteiger partial charge in [-0.2, -0.15) is 4.98 Å². The van der Waals surface area contributed by atoms with Crippen molar-refractivity contribution >= 4 is 11.8 Å². The van der Waals surface area contributed by atoms with Gasteiger partial charge in [-0.3, -0.25) is 9.78 Å². The summed E-state index contributed by atoms with van der Waals surface area (Å²) in [7, 11) is 0. The van der Waals surface area contributed by atoms with Crippen LogP contribution in [0.2, 0.25) is 0 Å². The van der Waals surface area contributed by atoms with E-state index in [1.807, 2.05) is 20.8 Å². The van der Waals surface area contributed by atoms with E-state index in [4.69, 9.17) is 9.84 Å². The fraction of sp³-hybridized carbons (Fsp3) is 0.615. The monoisotopic (exact) mass is 267 g/mol. The van der Waals surface area contributed by atoms with Gasteiger partial charge >= 0.3 is 5.97 Å². The van der Waals surface area contributed by atoms with Crippen LogP contribution < -0.4 is 9.64 Å². The highest BCUT2D eigenvalue weighted by Crippen LogP contribution is 2.17. The molecule has 0 aliphatic carbocycles. The van der Waals surface area contributed by atoms with E-state index in [0.29, 0.717) is 18.3 Å². The SMILES string of the molecule is CCCOc1cncc(N(CC(=O)O)C(C)CC)n1. The number of carbonyl (C=O) groups is 1. The highest BCUT2D eigenvalue weighted by atomic mass is 16.5. The molecule has 1 heterocycles. The lowest BCUT2D eigenvalue weighted by molar-refractivity contribution is -0.135. The summed E-state index contributed by atoms with van der Waals surface area (Å²) in [5.74, 6) is 0.0744. The first kappa shape index (κ1) is 15.2. The van der Waals surface area contributed by atoms with Crippen LogP contribution in [0, 0.1) is 0 Å². The lowest BCUT2D eigenvalue weighted by atomic mass is 10.2. The Morgan fingerprint density at radius 3 is 2.79 bits per heavy atom. The Bertz CT molecular complexity index is 412. The molecule has 1 aromatic rings. The van der Waals surface area contributed by atoms with Gasteiger partial charge in [0.1, 0.15) is 6.54 Å². The highest BCUT2D eigenvalue weighted by Gasteiger charge is 2.18. The van der Waals surface area contributed by atoms with Crippen molar-refractivity contribution in [3.8, 4) is 5.88 Å². The Labute approximate surface area is 113 Å². The van der Waals surface area contributed by atoms with Crippen LogP contribution in [0.5, 0.6) is 5.88 Å². The summed E-state index contributed by atoms with van der Waals surface area (Å²) < 4.78 is 5.42. The first-order valence-corrected chi connectivity index (χ1v) is 6.51. The largest absolute Gasteiger partial charge is 0.480 e. The molecule has 6 heteroatoms. The quantitative estimate of drug-likeness (QED) is 0.776. The summed E-state index contributed by atoms with van der Waals surface area (Å²) in [6.45, 7) is 6.45. The normalized spacial score (nSPS) is 11.9. The average Bonchev–Trinajstić information content (AvgIpc) is 2.41. The summed E-state index contributed by atoms with van der Waals surface area (Å²) in [6.07, 6.45) is 4.81. The van der Waals surface area contributed by atoms with Gasteiger partial charge < -0.3 is 14.7 Å². The van der Waals surface area contributed by atoms with Crippen molar-refractivity contribution in [3.05, 3.63) is 12.4 Å². The number of aromatic nitrogens is 2. The molecule has 0 spiro atoms. The number of aliphatic carboxylic acids is 1. The van der Waals surface area contributed by atoms with Gasteiger partial charge in [-0.1, -0.05) is 13.8 Å². The van der Waals surface area contributed by atoms with Crippen molar-refractivity contribution in [2.45, 2.75) is 39.7 Å². The minimum absolute atomic E-state index is 0.0758. The molecule has 0 amide bonds. The molecule has 1 aromatic heterocycles. The van der Waals surface area contributed by atoms with Gasteiger partial charge in [0.05, 0.1) is 19.0 Å². The Morgan fingerprint density at radius 1 is 1.47 bits per heavy atom. The minimum atomic E-state index is -0.887. The fourth-order valence-corrected chi connectivity index (χ4v) is 1.58. The van der Waals surface area contributed by atoms with Gasteiger partial charge in [0, 0.05) is 6.04 Å². The summed E-state index contributed by atoms with van der Waals surface area (Å²) in [5.41, 5.74) is 0. The number of rotatable bonds is 8. The molecule has 1 N–H and O–H groups in total. The van der Waals surface area contributed by atoms with Crippen molar-refractivity contribution in [3.63, 3.8) is 0 Å². The second-order valence-corrected chi connectivity index (χ2v) is 4.34. The summed E-state index contributed by atoms with van der Waals surface area (Å²) in [6, 6.07) is 0.0758. The Hall–Kier alpha value is -1.85. The number of anilines is 1. The number of carboxylic acids is 1. The van der Waals surface area contributed by atoms with Gasteiger partial charge in [0.2, 0.25) is 5.88 Å². The summed E-state index contributed by atoms with van der Waals surface area (Å²) in [5, 5.41) is 8.98. The molecule has 6 nitrogen and oxygen atoms in total. The number of carboxylic acid groups (broad SMARTS) is 1. The molecule has 0 aliphatic rings. The van der Waals surface area contributed by atoms with Gasteiger partial charge in [-0.15, -0.1) is 0 Å². The average molecular weight is 267 g/mol. The molecule has 0 aromatic carbocycles. The van der Waals surface area contributed by atoms with Gasteiger partial charge in [-0.25, -0.2) is 0 Å². The molecular weight excluding hydrogens is 246 g/mol. The molecule has 106 valence electrons. The van der Waals surface area contributed by atoms with Crippen molar-refractivity contribution < 1.29 is 14.6 Å². The van der Waals surface area contributed by atoms with Crippen LogP contribution in [-0.4, -0.2) is 40.2 Å². The predicted octanol–water partition coefficient (Wildman–Crippen LogP) is 1.95. The molecule has 19 heavy (non-hydrogen) atoms. The zero-order valence-corrected chi connectivity index (χ0v) is 11.7. The second kappa shape index (κ2) is 7.56. The number of hydrogen-bond donors (Lipinski definition) is 1. The maximum Gasteiger partial charge on any atom is 0.323 e. The van der Waals surface area contributed by atoms with Gasteiger partial charge in [0.25, 0.3) is 0 Å². The Morgan fingerprint density at radius 2 is 2.21 bits per heavy atom. The Kier molecular flexibility index (Phi) is 6.05. The smallest absolute Gasteiger partial charge is 0.323 e. The third-order valence-corrected chi connectivity index (χ3v) is 2.78. The van der Waals surface area contributed by atoms with E-state index in [2.05, 4.69) is 9.97 Å². The first-order chi connectivity index (χ1) is 9.08. The van der Waals surface area contributed by atoms with E-state index < -0.39 is 5.97 Å². The summed E-state index contributed by atoms with van der Waals surface area (Å²) in [4.78, 5) is 21.0. The van der Waals surface area contributed by atoms with Crippen LogP contribution in [0.25, 0.3) is 0 Å². The molecule has 0 saturated heterocycles. The van der Waals surface area contributed by atoms with Crippen molar-refractivity contribution in [1.82, 2.24) is 9.97 Å². The lowest BCUT2D eigenvalue weighted by Gasteiger charge is -2.27. The molecule has 0 aliphatic heterocycles. The number of ether oxygens (including phenoxy) is 1. The third kappa shape index (κ3) is 4.73. The van der Waals surface area contributed by atoms with Crippen molar-refractivity contribution in [2.75, 3.05) is 18.1 Å². The van der Waals surface area contributed by atoms with Crippen LogP contribution in [0.1, 0.15) is 33.6 Å². The Balaban J connectivity index is 2.91. The number of hydrogen-bond acceptors (Lipinski definition) is 5. The van der Waals surface area contributed by atoms with E-state index in [-0.39, 0.29) is 12.6 Å². The zero-order chi connectivity index (χ0) is 14.3. The van der Waals surface area contributed by atoms with E-state index in [1.165, 1.54) is 6.20 Å². The maximum absolute atomic E-state index is 10.9. The van der Waals surface area contributed by atoms with Crippen molar-refractivity contribution in [1.29, 1.82) is 0 Å². The zero-order valence-electron chi connectivity index (χ0n) is 11.7. The predicted molar refractivity (Wildman–Crippen MR) is 72.6 cm³/mol. The van der Waals surface area contributed by atoms with Crippen LogP contribution in [0.4, 0.5) is 5.82 Å². The topological polar surface area (TPSA) is 75.5 Å².